The molecule has 0 bridgehead atoms. The van der Waals surface area contributed by atoms with Crippen molar-refractivity contribution in [2.45, 2.75) is 13.0 Å². The molecular weight excluding hydrogens is 468 g/mol. The normalized spacial score (nSPS) is 16.8. The van der Waals surface area contributed by atoms with Crippen molar-refractivity contribution < 1.29 is 13.2 Å². The summed E-state index contributed by atoms with van der Waals surface area (Å²) in [6.07, 6.45) is 4.85. The summed E-state index contributed by atoms with van der Waals surface area (Å²) < 4.78 is 27.1. The van der Waals surface area contributed by atoms with Gasteiger partial charge in [-0.15, -0.1) is 5.10 Å². The molecular formula is C20H21ClN8O3S. The number of sulfone groups is 1. The molecule has 0 aromatic carbocycles. The number of pyridine rings is 1. The van der Waals surface area contributed by atoms with Gasteiger partial charge in [0.25, 0.3) is 5.91 Å². The third-order valence-corrected chi connectivity index (χ3v) is 7.65. The first-order valence-corrected chi connectivity index (χ1v) is 12.5. The van der Waals surface area contributed by atoms with Gasteiger partial charge in [-0.1, -0.05) is 11.6 Å². The molecule has 1 atom stereocenters. The summed E-state index contributed by atoms with van der Waals surface area (Å²) in [4.78, 5) is 19.3. The summed E-state index contributed by atoms with van der Waals surface area (Å²) in [6.45, 7) is 2.45. The second-order valence-electron chi connectivity index (χ2n) is 7.88. The molecule has 3 N–H and O–H groups in total. The Bertz CT molecular complexity index is 1480. The monoisotopic (exact) mass is 488 g/mol. The lowest BCUT2D eigenvalue weighted by atomic mass is 10.1. The van der Waals surface area contributed by atoms with Crippen LogP contribution in [0.2, 0.25) is 5.02 Å². The van der Waals surface area contributed by atoms with Crippen molar-refractivity contribution in [3.63, 3.8) is 0 Å². The lowest BCUT2D eigenvalue weighted by molar-refractivity contribution is 0.0942. The number of anilines is 2. The summed E-state index contributed by atoms with van der Waals surface area (Å²) in [5.74, 6) is 0.415. The van der Waals surface area contributed by atoms with E-state index in [1.807, 2.05) is 11.8 Å². The van der Waals surface area contributed by atoms with E-state index in [9.17, 15) is 13.2 Å². The number of nitrogens with zero attached hydrogens (tertiary/aromatic N) is 6. The molecule has 5 rings (SSSR count). The Morgan fingerprint density at radius 2 is 2.03 bits per heavy atom. The second-order valence-corrected chi connectivity index (χ2v) is 10.6. The van der Waals surface area contributed by atoms with Crippen molar-refractivity contribution in [2.75, 3.05) is 35.2 Å². The van der Waals surface area contributed by atoms with E-state index in [2.05, 4.69) is 20.5 Å². The molecule has 1 saturated heterocycles. The van der Waals surface area contributed by atoms with Gasteiger partial charge in [0.05, 0.1) is 34.3 Å². The van der Waals surface area contributed by atoms with Crippen molar-refractivity contribution in [1.29, 1.82) is 0 Å². The minimum atomic E-state index is -3.08. The van der Waals surface area contributed by atoms with E-state index >= 15 is 0 Å². The second kappa shape index (κ2) is 7.89. The zero-order valence-electron chi connectivity index (χ0n) is 17.6. The first-order valence-electron chi connectivity index (χ1n) is 10.3. The number of aromatic nitrogens is 5. The minimum absolute atomic E-state index is 0.0448. The van der Waals surface area contributed by atoms with Crippen LogP contribution in [0.5, 0.6) is 0 Å². The molecule has 0 saturated carbocycles. The van der Waals surface area contributed by atoms with Gasteiger partial charge in [-0.25, -0.2) is 22.4 Å². The average Bonchev–Trinajstić information content (AvgIpc) is 3.38. The molecule has 5 heterocycles. The molecule has 1 fully saturated rings. The Morgan fingerprint density at radius 1 is 1.27 bits per heavy atom. The standard InChI is InChI=1S/C20H21ClN8O3S/c1-12(25-19(30)16-17(22)26-28-6-2-4-23-18(16)28)13-11-14(21)15-3-5-24-29(15)20(13)27-7-9-33(31,32)10-8-27/h2-6,11-12H,7-10H2,1H3,(H2,22,26)(H,25,30)/t12-/m0/s1. The highest BCUT2D eigenvalue weighted by molar-refractivity contribution is 7.91. The largest absolute Gasteiger partial charge is 0.381 e. The molecule has 1 amide bonds. The number of hydrogen-bond donors (Lipinski definition) is 2. The molecule has 1 aliphatic heterocycles. The maximum absolute atomic E-state index is 13.2. The predicted molar refractivity (Wildman–Crippen MR) is 124 cm³/mol. The van der Waals surface area contributed by atoms with Gasteiger partial charge in [0, 0.05) is 31.0 Å². The van der Waals surface area contributed by atoms with E-state index in [4.69, 9.17) is 17.3 Å². The molecule has 33 heavy (non-hydrogen) atoms. The first-order chi connectivity index (χ1) is 15.7. The molecule has 0 aliphatic carbocycles. The maximum atomic E-state index is 13.2. The molecule has 172 valence electrons. The molecule has 1 aliphatic rings. The fraction of sp³-hybridized carbons (Fsp3) is 0.300. The van der Waals surface area contributed by atoms with Gasteiger partial charge in [0.15, 0.2) is 21.3 Å². The number of amides is 1. The van der Waals surface area contributed by atoms with Crippen molar-refractivity contribution in [2.24, 2.45) is 0 Å². The molecule has 4 aromatic heterocycles. The lowest BCUT2D eigenvalue weighted by Crippen LogP contribution is -2.42. The summed E-state index contributed by atoms with van der Waals surface area (Å²) in [5.41, 5.74) is 7.91. The zero-order chi connectivity index (χ0) is 23.3. The highest BCUT2D eigenvalue weighted by Crippen LogP contribution is 2.33. The molecule has 0 spiro atoms. The molecule has 4 aromatic rings. The molecule has 13 heteroatoms. The summed E-state index contributed by atoms with van der Waals surface area (Å²) in [5, 5.41) is 12.0. The predicted octanol–water partition coefficient (Wildman–Crippen LogP) is 1.34. The van der Waals surface area contributed by atoms with Gasteiger partial charge in [0.1, 0.15) is 11.4 Å². The number of hydrogen-bond acceptors (Lipinski definition) is 8. The smallest absolute Gasteiger partial charge is 0.259 e. The van der Waals surface area contributed by atoms with E-state index in [-0.39, 0.29) is 22.9 Å². The van der Waals surface area contributed by atoms with Crippen molar-refractivity contribution in [1.82, 2.24) is 29.5 Å². The van der Waals surface area contributed by atoms with Crippen LogP contribution < -0.4 is 16.0 Å². The Kier molecular flexibility index (Phi) is 5.13. The van der Waals surface area contributed by atoms with Crippen LogP contribution in [0, 0.1) is 0 Å². The molecule has 0 radical (unpaired) electrons. The number of carbonyl (C=O) groups is 1. The molecule has 0 unspecified atom stereocenters. The van der Waals surface area contributed by atoms with E-state index < -0.39 is 21.8 Å². The summed E-state index contributed by atoms with van der Waals surface area (Å²) in [7, 11) is -3.08. The van der Waals surface area contributed by atoms with Gasteiger partial charge in [-0.3, -0.25) is 4.79 Å². The summed E-state index contributed by atoms with van der Waals surface area (Å²) in [6, 6.07) is 4.75. The van der Waals surface area contributed by atoms with E-state index in [0.717, 1.165) is 0 Å². The van der Waals surface area contributed by atoms with Gasteiger partial charge < -0.3 is 16.0 Å². The van der Waals surface area contributed by atoms with Crippen molar-refractivity contribution >= 4 is 50.1 Å². The summed E-state index contributed by atoms with van der Waals surface area (Å²) >= 11 is 6.51. The highest BCUT2D eigenvalue weighted by atomic mass is 35.5. The number of carbonyl (C=O) groups excluding carboxylic acids is 1. The fourth-order valence-electron chi connectivity index (χ4n) is 4.08. The zero-order valence-corrected chi connectivity index (χ0v) is 19.2. The number of rotatable bonds is 4. The minimum Gasteiger partial charge on any atom is -0.381 e. The molecule has 11 nitrogen and oxygen atoms in total. The SMILES string of the molecule is C[C@H](NC(=O)c1c(N)nn2cccnc12)c1cc(Cl)c2ccnn2c1N1CCS(=O)(=O)CC1. The van der Waals surface area contributed by atoms with Crippen molar-refractivity contribution in [3.8, 4) is 0 Å². The van der Waals surface area contributed by atoms with Gasteiger partial charge in [0.2, 0.25) is 0 Å². The quantitative estimate of drug-likeness (QED) is 0.438. The topological polar surface area (TPSA) is 140 Å². The van der Waals surface area contributed by atoms with Crippen LogP contribution >= 0.6 is 11.6 Å². The van der Waals surface area contributed by atoms with Crippen LogP contribution in [0.1, 0.15) is 28.9 Å². The Hall–Kier alpha value is -3.38. The van der Waals surface area contributed by atoms with Gasteiger partial charge in [-0.2, -0.15) is 5.10 Å². The van der Waals surface area contributed by atoms with Crippen LogP contribution in [-0.4, -0.2) is 63.1 Å². The van der Waals surface area contributed by atoms with E-state index in [0.29, 0.717) is 40.7 Å². The Balaban J connectivity index is 1.53. The van der Waals surface area contributed by atoms with Crippen LogP contribution in [0.15, 0.2) is 36.8 Å². The van der Waals surface area contributed by atoms with E-state index in [1.165, 1.54) is 4.52 Å². The van der Waals surface area contributed by atoms with E-state index in [1.54, 1.807) is 41.3 Å². The average molecular weight is 489 g/mol. The number of nitrogens with two attached hydrogens (primary N) is 1. The van der Waals surface area contributed by atoms with Gasteiger partial charge >= 0.3 is 0 Å². The van der Waals surface area contributed by atoms with Crippen LogP contribution in [0.4, 0.5) is 11.6 Å². The number of nitrogen functional groups attached to an aromatic ring is 1. The lowest BCUT2D eigenvalue weighted by Gasteiger charge is -2.32. The maximum Gasteiger partial charge on any atom is 0.259 e. The van der Waals surface area contributed by atoms with Crippen LogP contribution in [0.25, 0.3) is 11.2 Å². The van der Waals surface area contributed by atoms with Gasteiger partial charge in [-0.05, 0) is 25.1 Å². The fourth-order valence-corrected chi connectivity index (χ4v) is 5.54. The third kappa shape index (κ3) is 3.74. The third-order valence-electron chi connectivity index (χ3n) is 5.74. The number of fused-ring (bicyclic) bond motifs is 2. The highest BCUT2D eigenvalue weighted by Gasteiger charge is 2.29. The number of halogens is 1. The number of nitrogens with one attached hydrogen (secondary N) is 1. The Labute approximate surface area is 194 Å². The first kappa shape index (κ1) is 21.5. The Morgan fingerprint density at radius 3 is 2.79 bits per heavy atom. The van der Waals surface area contributed by atoms with Crippen LogP contribution in [-0.2, 0) is 9.84 Å². The van der Waals surface area contributed by atoms with Crippen molar-refractivity contribution in [3.05, 3.63) is 52.9 Å². The van der Waals surface area contributed by atoms with Crippen LogP contribution in [0.3, 0.4) is 0 Å².